The van der Waals surface area contributed by atoms with Crippen LogP contribution in [0.25, 0.3) is 5.65 Å². The number of β-amino-alcohol motifs (C(OH)–C–C–N with tert-alkyl or cyclic N) is 1. The number of nitrogens with one attached hydrogen (secondary N) is 1. The Kier molecular flexibility index (Phi) is 2.77. The van der Waals surface area contributed by atoms with Crippen LogP contribution in [-0.2, 0) is 0 Å². The molecule has 1 unspecified atom stereocenters. The summed E-state index contributed by atoms with van der Waals surface area (Å²) in [6.07, 6.45) is 6.85. The van der Waals surface area contributed by atoms with Gasteiger partial charge in [0.2, 0.25) is 0 Å². The van der Waals surface area contributed by atoms with Gasteiger partial charge in [0.25, 0.3) is 0 Å². The zero-order valence-electron chi connectivity index (χ0n) is 9.95. The maximum Gasteiger partial charge on any atom is 0.180 e. The number of aliphatic hydroxyl groups excluding tert-OH is 1. The molecule has 0 radical (unpaired) electrons. The van der Waals surface area contributed by atoms with Crippen LogP contribution in [0.1, 0.15) is 12.8 Å². The second-order valence-electron chi connectivity index (χ2n) is 4.49. The van der Waals surface area contributed by atoms with Crippen molar-refractivity contribution in [1.29, 1.82) is 0 Å². The normalized spacial score (nSPS) is 20.3. The number of hydrazine groups is 1. The molecule has 1 fully saturated rings. The predicted octanol–water partition coefficient (Wildman–Crippen LogP) is -0.0240. The Balaban J connectivity index is 2.05. The summed E-state index contributed by atoms with van der Waals surface area (Å²) in [4.78, 5) is 10.8. The van der Waals surface area contributed by atoms with Crippen LogP contribution in [0.5, 0.6) is 0 Å². The number of fused-ring (bicyclic) bond motifs is 1. The highest BCUT2D eigenvalue weighted by atomic mass is 16.3. The van der Waals surface area contributed by atoms with Gasteiger partial charge in [-0.2, -0.15) is 0 Å². The Labute approximate surface area is 104 Å². The number of aliphatic hydroxyl groups is 1. The van der Waals surface area contributed by atoms with Crippen molar-refractivity contribution in [3.8, 4) is 0 Å². The summed E-state index contributed by atoms with van der Waals surface area (Å²) in [6, 6.07) is 0. The van der Waals surface area contributed by atoms with Crippen LogP contribution >= 0.6 is 0 Å². The molecule has 1 aliphatic heterocycles. The topological polar surface area (TPSA) is 91.7 Å². The highest BCUT2D eigenvalue weighted by Gasteiger charge is 2.21. The predicted molar refractivity (Wildman–Crippen MR) is 68.3 cm³/mol. The molecule has 3 heterocycles. The molecule has 1 saturated heterocycles. The van der Waals surface area contributed by atoms with E-state index in [9.17, 15) is 5.11 Å². The molecule has 96 valence electrons. The van der Waals surface area contributed by atoms with Crippen molar-refractivity contribution < 1.29 is 5.11 Å². The number of nitrogens with two attached hydrogens (primary N) is 1. The van der Waals surface area contributed by atoms with Gasteiger partial charge in [0.1, 0.15) is 0 Å². The third kappa shape index (κ3) is 1.87. The maximum atomic E-state index is 9.75. The largest absolute Gasteiger partial charge is 0.391 e. The summed E-state index contributed by atoms with van der Waals surface area (Å²) in [5, 5.41) is 9.75. The molecular weight excluding hydrogens is 232 g/mol. The second kappa shape index (κ2) is 4.43. The number of anilines is 2. The minimum absolute atomic E-state index is 0.301. The first-order valence-corrected chi connectivity index (χ1v) is 6.01. The maximum absolute atomic E-state index is 9.75. The number of aromatic nitrogens is 3. The molecule has 0 aromatic carbocycles. The van der Waals surface area contributed by atoms with Gasteiger partial charge in [-0.05, 0) is 12.8 Å². The summed E-state index contributed by atoms with van der Waals surface area (Å²) in [5.74, 6) is 6.76. The van der Waals surface area contributed by atoms with Gasteiger partial charge in [-0.25, -0.2) is 15.8 Å². The minimum atomic E-state index is -0.301. The Morgan fingerprint density at radius 3 is 3.17 bits per heavy atom. The third-order valence-corrected chi connectivity index (χ3v) is 3.20. The van der Waals surface area contributed by atoms with Crippen LogP contribution in [0.4, 0.5) is 11.6 Å². The van der Waals surface area contributed by atoms with Crippen LogP contribution in [0, 0.1) is 0 Å². The lowest BCUT2D eigenvalue weighted by atomic mass is 10.1. The zero-order chi connectivity index (χ0) is 12.5. The summed E-state index contributed by atoms with van der Waals surface area (Å²) >= 11 is 0. The number of hydrogen-bond acceptors (Lipinski definition) is 6. The van der Waals surface area contributed by atoms with Gasteiger partial charge in [0.05, 0.1) is 12.3 Å². The summed E-state index contributed by atoms with van der Waals surface area (Å²) in [6.45, 7) is 1.46. The van der Waals surface area contributed by atoms with E-state index in [1.54, 1.807) is 12.4 Å². The van der Waals surface area contributed by atoms with E-state index in [1.807, 2.05) is 10.6 Å². The van der Waals surface area contributed by atoms with E-state index in [-0.39, 0.29) is 6.10 Å². The molecule has 0 saturated carbocycles. The van der Waals surface area contributed by atoms with Crippen LogP contribution in [0.15, 0.2) is 18.6 Å². The molecule has 7 heteroatoms. The van der Waals surface area contributed by atoms with Crippen LogP contribution < -0.4 is 16.2 Å². The molecule has 18 heavy (non-hydrogen) atoms. The molecule has 1 aliphatic rings. The van der Waals surface area contributed by atoms with Crippen molar-refractivity contribution in [2.45, 2.75) is 18.9 Å². The fourth-order valence-corrected chi connectivity index (χ4v) is 2.34. The Morgan fingerprint density at radius 1 is 1.50 bits per heavy atom. The molecule has 4 N–H and O–H groups in total. The number of nitrogens with zero attached hydrogens (tertiary/aromatic N) is 4. The average Bonchev–Trinajstić information content (AvgIpc) is 2.85. The van der Waals surface area contributed by atoms with Gasteiger partial charge in [0, 0.05) is 25.5 Å². The van der Waals surface area contributed by atoms with Gasteiger partial charge in [0.15, 0.2) is 17.3 Å². The van der Waals surface area contributed by atoms with E-state index in [0.29, 0.717) is 12.4 Å². The van der Waals surface area contributed by atoms with Crippen LogP contribution in [0.3, 0.4) is 0 Å². The standard InChI is InChI=1S/C11H16N6O/c12-15-9-7-17-5-3-13-10(17)11(14-9)16-4-1-2-8(18)6-16/h3,5,7-8,15,18H,1-2,4,6,12H2. The fraction of sp³-hybridized carbons (Fsp3) is 0.455. The SMILES string of the molecule is NNc1cn2ccnc2c(N2CCCC(O)C2)n1. The number of imidazole rings is 1. The van der Waals surface area contributed by atoms with E-state index in [4.69, 9.17) is 5.84 Å². The van der Waals surface area contributed by atoms with E-state index < -0.39 is 0 Å². The Bertz CT molecular complexity index is 553. The number of nitrogen functional groups attached to an aromatic ring is 1. The van der Waals surface area contributed by atoms with Gasteiger partial charge in [-0.15, -0.1) is 0 Å². The average molecular weight is 248 g/mol. The molecule has 0 aliphatic carbocycles. The van der Waals surface area contributed by atoms with E-state index in [1.165, 1.54) is 0 Å². The molecule has 1 atom stereocenters. The van der Waals surface area contributed by atoms with Crippen molar-refractivity contribution >= 4 is 17.3 Å². The van der Waals surface area contributed by atoms with E-state index in [2.05, 4.69) is 20.3 Å². The first-order chi connectivity index (χ1) is 8.78. The first kappa shape index (κ1) is 11.2. The zero-order valence-corrected chi connectivity index (χ0v) is 9.95. The fourth-order valence-electron chi connectivity index (χ4n) is 2.34. The quantitative estimate of drug-likeness (QED) is 0.511. The number of piperidine rings is 1. The van der Waals surface area contributed by atoms with Crippen molar-refractivity contribution in [1.82, 2.24) is 14.4 Å². The molecule has 2 aromatic rings. The first-order valence-electron chi connectivity index (χ1n) is 6.01. The van der Waals surface area contributed by atoms with Gasteiger partial charge in [-0.3, -0.25) is 0 Å². The van der Waals surface area contributed by atoms with Crippen molar-refractivity contribution in [2.75, 3.05) is 23.4 Å². The molecule has 2 aromatic heterocycles. The van der Waals surface area contributed by atoms with Gasteiger partial charge in [-0.1, -0.05) is 0 Å². The number of hydrogen-bond donors (Lipinski definition) is 3. The number of rotatable bonds is 2. The molecule has 0 bridgehead atoms. The second-order valence-corrected chi connectivity index (χ2v) is 4.49. The van der Waals surface area contributed by atoms with Crippen LogP contribution in [-0.4, -0.2) is 38.7 Å². The summed E-state index contributed by atoms with van der Waals surface area (Å²) in [7, 11) is 0. The molecule has 3 rings (SSSR count). The smallest absolute Gasteiger partial charge is 0.180 e. The Hall–Kier alpha value is -1.86. The monoisotopic (exact) mass is 248 g/mol. The van der Waals surface area contributed by atoms with Gasteiger partial charge < -0.3 is 19.8 Å². The van der Waals surface area contributed by atoms with E-state index in [0.717, 1.165) is 30.9 Å². The van der Waals surface area contributed by atoms with E-state index >= 15 is 0 Å². The molecular formula is C11H16N6O. The van der Waals surface area contributed by atoms with Crippen molar-refractivity contribution in [3.63, 3.8) is 0 Å². The Morgan fingerprint density at radius 2 is 2.39 bits per heavy atom. The molecule has 7 nitrogen and oxygen atoms in total. The highest BCUT2D eigenvalue weighted by Crippen LogP contribution is 2.23. The van der Waals surface area contributed by atoms with Crippen molar-refractivity contribution in [3.05, 3.63) is 18.6 Å². The lowest BCUT2D eigenvalue weighted by Gasteiger charge is -2.31. The third-order valence-electron chi connectivity index (χ3n) is 3.20. The molecule has 0 spiro atoms. The molecule has 0 amide bonds. The van der Waals surface area contributed by atoms with Crippen LogP contribution in [0.2, 0.25) is 0 Å². The van der Waals surface area contributed by atoms with Gasteiger partial charge >= 0.3 is 0 Å². The highest BCUT2D eigenvalue weighted by molar-refractivity contribution is 5.66. The lowest BCUT2D eigenvalue weighted by molar-refractivity contribution is 0.154. The summed E-state index contributed by atoms with van der Waals surface area (Å²) in [5.41, 5.74) is 3.33. The summed E-state index contributed by atoms with van der Waals surface area (Å²) < 4.78 is 1.87. The lowest BCUT2D eigenvalue weighted by Crippen LogP contribution is -2.39. The van der Waals surface area contributed by atoms with Crippen molar-refractivity contribution in [2.24, 2.45) is 5.84 Å². The minimum Gasteiger partial charge on any atom is -0.391 e.